The zero-order valence-electron chi connectivity index (χ0n) is 15.1. The Labute approximate surface area is 180 Å². The molecular weight excluding hydrogens is 422 g/mol. The van der Waals surface area contributed by atoms with E-state index in [2.05, 4.69) is 6.07 Å². The summed E-state index contributed by atoms with van der Waals surface area (Å²) in [5.74, 6) is 0.547. The Bertz CT molecular complexity index is 1270. The minimum Gasteiger partial charge on any atom is -0.457 e. The standard InChI is InChI=1S/C21H11N3O4S2/c22-12-13-4-1-2-7-17(13)18-9-8-16(28-18)11-19-20(25)23(21(29)30-19)14-5-3-6-15(10-14)24(26)27/h1-11H/b19-11-. The molecule has 0 radical (unpaired) electrons. The van der Waals surface area contributed by atoms with Gasteiger partial charge in [-0.15, -0.1) is 0 Å². The summed E-state index contributed by atoms with van der Waals surface area (Å²) in [4.78, 5) is 25.0. The minimum absolute atomic E-state index is 0.127. The number of thiocarbonyl (C=S) groups is 1. The van der Waals surface area contributed by atoms with Gasteiger partial charge in [-0.1, -0.05) is 42.2 Å². The fourth-order valence-electron chi connectivity index (χ4n) is 2.94. The van der Waals surface area contributed by atoms with Gasteiger partial charge in [0.2, 0.25) is 0 Å². The zero-order valence-corrected chi connectivity index (χ0v) is 16.8. The number of benzene rings is 2. The predicted octanol–water partition coefficient (Wildman–Crippen LogP) is 5.13. The molecule has 7 nitrogen and oxygen atoms in total. The molecular formula is C21H11N3O4S2. The maximum Gasteiger partial charge on any atom is 0.271 e. The Morgan fingerprint density at radius 2 is 1.97 bits per heavy atom. The number of non-ortho nitro benzene ring substituents is 1. The van der Waals surface area contributed by atoms with E-state index in [0.29, 0.717) is 33.2 Å². The third-order valence-corrected chi connectivity index (χ3v) is 5.61. The van der Waals surface area contributed by atoms with E-state index < -0.39 is 4.92 Å². The molecule has 0 unspecified atom stereocenters. The number of furan rings is 1. The van der Waals surface area contributed by atoms with Crippen LogP contribution >= 0.6 is 24.0 Å². The van der Waals surface area contributed by atoms with E-state index in [1.54, 1.807) is 42.5 Å². The van der Waals surface area contributed by atoms with Gasteiger partial charge in [0.15, 0.2) is 4.32 Å². The van der Waals surface area contributed by atoms with E-state index in [0.717, 1.165) is 11.8 Å². The summed E-state index contributed by atoms with van der Waals surface area (Å²) >= 11 is 6.39. The van der Waals surface area contributed by atoms with Gasteiger partial charge < -0.3 is 4.42 Å². The number of thioether (sulfide) groups is 1. The molecule has 9 heteroatoms. The van der Waals surface area contributed by atoms with Crippen molar-refractivity contribution in [3.8, 4) is 17.4 Å². The molecule has 4 rings (SSSR count). The summed E-state index contributed by atoms with van der Waals surface area (Å²) in [5, 5.41) is 20.3. The van der Waals surface area contributed by atoms with Crippen molar-refractivity contribution in [2.24, 2.45) is 0 Å². The van der Waals surface area contributed by atoms with Crippen molar-refractivity contribution in [1.82, 2.24) is 0 Å². The van der Waals surface area contributed by atoms with Crippen LogP contribution in [0, 0.1) is 21.4 Å². The first-order valence-corrected chi connectivity index (χ1v) is 9.82. The van der Waals surface area contributed by atoms with Gasteiger partial charge in [-0.05, 0) is 30.3 Å². The summed E-state index contributed by atoms with van der Waals surface area (Å²) in [6.45, 7) is 0. The molecule has 0 bridgehead atoms. The molecule has 30 heavy (non-hydrogen) atoms. The summed E-state index contributed by atoms with van der Waals surface area (Å²) < 4.78 is 6.08. The number of hydrogen-bond acceptors (Lipinski definition) is 7. The van der Waals surface area contributed by atoms with Crippen LogP contribution in [0.2, 0.25) is 0 Å². The number of nitro benzene ring substituents is 1. The number of nitriles is 1. The number of rotatable bonds is 4. The van der Waals surface area contributed by atoms with Gasteiger partial charge in [0.05, 0.1) is 27.1 Å². The van der Waals surface area contributed by atoms with E-state index in [9.17, 15) is 20.2 Å². The number of hydrogen-bond donors (Lipinski definition) is 0. The fourth-order valence-corrected chi connectivity index (χ4v) is 4.21. The second kappa shape index (κ2) is 7.94. The lowest BCUT2D eigenvalue weighted by Crippen LogP contribution is -2.27. The van der Waals surface area contributed by atoms with Crippen LogP contribution in [0.25, 0.3) is 17.4 Å². The van der Waals surface area contributed by atoms with Crippen LogP contribution < -0.4 is 4.90 Å². The monoisotopic (exact) mass is 433 g/mol. The normalized spacial score (nSPS) is 14.9. The van der Waals surface area contributed by atoms with Gasteiger partial charge >= 0.3 is 0 Å². The quantitative estimate of drug-likeness (QED) is 0.243. The SMILES string of the molecule is N#Cc1ccccc1-c1ccc(/C=C2\SC(=S)N(c3cccc([N+](=O)[O-])c3)C2=O)o1. The third-order valence-electron chi connectivity index (χ3n) is 4.31. The van der Waals surface area contributed by atoms with Gasteiger partial charge in [-0.3, -0.25) is 19.8 Å². The molecule has 1 aromatic heterocycles. The Morgan fingerprint density at radius 1 is 1.17 bits per heavy atom. The topological polar surface area (TPSA) is 100 Å². The second-order valence-corrected chi connectivity index (χ2v) is 7.83. The van der Waals surface area contributed by atoms with Crippen LogP contribution in [-0.4, -0.2) is 15.2 Å². The van der Waals surface area contributed by atoms with Crippen molar-refractivity contribution >= 4 is 51.7 Å². The van der Waals surface area contributed by atoms with E-state index in [-0.39, 0.29) is 15.9 Å². The van der Waals surface area contributed by atoms with Crippen molar-refractivity contribution in [2.45, 2.75) is 0 Å². The molecule has 0 atom stereocenters. The van der Waals surface area contributed by atoms with Crippen LogP contribution in [0.4, 0.5) is 11.4 Å². The Balaban J connectivity index is 1.63. The number of nitrogens with zero attached hydrogens (tertiary/aromatic N) is 3. The Kier molecular flexibility index (Phi) is 5.18. The van der Waals surface area contributed by atoms with E-state index in [1.165, 1.54) is 23.1 Å². The number of carbonyl (C=O) groups is 1. The Hall–Kier alpha value is -3.74. The summed E-state index contributed by atoms with van der Waals surface area (Å²) in [6, 6.07) is 18.3. The zero-order chi connectivity index (χ0) is 21.3. The van der Waals surface area contributed by atoms with Gasteiger partial charge in [0, 0.05) is 23.8 Å². The van der Waals surface area contributed by atoms with E-state index in [1.807, 2.05) is 6.07 Å². The maximum atomic E-state index is 12.9. The largest absolute Gasteiger partial charge is 0.457 e. The lowest BCUT2D eigenvalue weighted by molar-refractivity contribution is -0.384. The number of anilines is 1. The smallest absolute Gasteiger partial charge is 0.271 e. The predicted molar refractivity (Wildman–Crippen MR) is 118 cm³/mol. The first-order chi connectivity index (χ1) is 14.5. The number of carbonyl (C=O) groups excluding carboxylic acids is 1. The molecule has 1 amide bonds. The summed E-state index contributed by atoms with van der Waals surface area (Å²) in [5.41, 5.74) is 1.34. The molecule has 2 heterocycles. The highest BCUT2D eigenvalue weighted by atomic mass is 32.2. The van der Waals surface area contributed by atoms with Crippen LogP contribution in [-0.2, 0) is 4.79 Å². The third kappa shape index (κ3) is 3.61. The highest BCUT2D eigenvalue weighted by Gasteiger charge is 2.34. The lowest BCUT2D eigenvalue weighted by atomic mass is 10.1. The number of nitro groups is 1. The molecule has 1 saturated heterocycles. The minimum atomic E-state index is -0.527. The molecule has 146 valence electrons. The van der Waals surface area contributed by atoms with E-state index >= 15 is 0 Å². The molecule has 3 aromatic rings. The van der Waals surface area contributed by atoms with Crippen molar-refractivity contribution in [3.63, 3.8) is 0 Å². The van der Waals surface area contributed by atoms with Gasteiger partial charge in [0.25, 0.3) is 11.6 Å². The molecule has 1 aliphatic rings. The van der Waals surface area contributed by atoms with Crippen molar-refractivity contribution in [1.29, 1.82) is 5.26 Å². The first kappa shape index (κ1) is 19.6. The highest BCUT2D eigenvalue weighted by molar-refractivity contribution is 8.27. The van der Waals surface area contributed by atoms with Gasteiger partial charge in [0.1, 0.15) is 11.5 Å². The highest BCUT2D eigenvalue weighted by Crippen LogP contribution is 2.37. The molecule has 1 fully saturated rings. The summed E-state index contributed by atoms with van der Waals surface area (Å²) in [7, 11) is 0. The lowest BCUT2D eigenvalue weighted by Gasteiger charge is -2.13. The molecule has 0 N–H and O–H groups in total. The maximum absolute atomic E-state index is 12.9. The van der Waals surface area contributed by atoms with Crippen molar-refractivity contribution < 1.29 is 14.1 Å². The molecule has 1 aliphatic heterocycles. The average Bonchev–Trinajstić information content (AvgIpc) is 3.32. The Morgan fingerprint density at radius 3 is 2.73 bits per heavy atom. The average molecular weight is 433 g/mol. The number of amides is 1. The van der Waals surface area contributed by atoms with Crippen LogP contribution in [0.3, 0.4) is 0 Å². The summed E-state index contributed by atoms with van der Waals surface area (Å²) in [6.07, 6.45) is 1.56. The van der Waals surface area contributed by atoms with Crippen LogP contribution in [0.1, 0.15) is 11.3 Å². The molecule has 0 aliphatic carbocycles. The molecule has 0 spiro atoms. The van der Waals surface area contributed by atoms with Crippen LogP contribution in [0.15, 0.2) is 70.0 Å². The second-order valence-electron chi connectivity index (χ2n) is 6.15. The van der Waals surface area contributed by atoms with E-state index in [4.69, 9.17) is 16.6 Å². The molecule has 0 saturated carbocycles. The molecule has 2 aromatic carbocycles. The van der Waals surface area contributed by atoms with Crippen molar-refractivity contribution in [3.05, 3.63) is 87.0 Å². The fraction of sp³-hybridized carbons (Fsp3) is 0. The van der Waals surface area contributed by atoms with Crippen LogP contribution in [0.5, 0.6) is 0 Å². The van der Waals surface area contributed by atoms with Gasteiger partial charge in [-0.2, -0.15) is 5.26 Å². The van der Waals surface area contributed by atoms with Gasteiger partial charge in [-0.25, -0.2) is 0 Å². The van der Waals surface area contributed by atoms with Crippen molar-refractivity contribution in [2.75, 3.05) is 4.90 Å². The first-order valence-electron chi connectivity index (χ1n) is 8.59.